The van der Waals surface area contributed by atoms with Crippen LogP contribution >= 0.6 is 0 Å². The topological polar surface area (TPSA) is 77.0 Å². The van der Waals surface area contributed by atoms with Crippen LogP contribution in [0, 0.1) is 0 Å². The zero-order valence-corrected chi connectivity index (χ0v) is 10.4. The van der Waals surface area contributed by atoms with E-state index in [1.54, 1.807) is 13.8 Å². The Bertz CT molecular complexity index is 323. The molecule has 0 unspecified atom stereocenters. The molecule has 0 aromatic rings. The van der Waals surface area contributed by atoms with E-state index in [1.165, 1.54) is 0 Å². The van der Waals surface area contributed by atoms with Crippen LogP contribution in [0.4, 0.5) is 4.79 Å². The summed E-state index contributed by atoms with van der Waals surface area (Å²) in [4.78, 5) is 26.5. The van der Waals surface area contributed by atoms with Crippen molar-refractivity contribution in [3.8, 4) is 0 Å². The minimum atomic E-state index is -0.677. The number of carbonyl (C=O) groups is 2. The van der Waals surface area contributed by atoms with Gasteiger partial charge in [-0.1, -0.05) is 18.7 Å². The average molecular weight is 242 g/mol. The third kappa shape index (κ3) is 8.01. The molecule has 96 valence electrons. The fourth-order valence-corrected chi connectivity index (χ4v) is 0.636. The Hall–Kier alpha value is -1.85. The van der Waals surface area contributed by atoms with Crippen LogP contribution < -0.4 is 5.32 Å². The molecule has 0 aliphatic heterocycles. The molecule has 0 aliphatic carbocycles. The van der Waals surface area contributed by atoms with Crippen molar-refractivity contribution < 1.29 is 19.2 Å². The van der Waals surface area contributed by atoms with Gasteiger partial charge in [0, 0.05) is 5.57 Å². The Morgan fingerprint density at radius 3 is 2.53 bits per heavy atom. The average Bonchev–Trinajstić information content (AvgIpc) is 2.30. The van der Waals surface area contributed by atoms with Crippen LogP contribution in [-0.4, -0.2) is 30.9 Å². The Morgan fingerprint density at radius 2 is 2.00 bits per heavy atom. The molecular weight excluding hydrogens is 224 g/mol. The monoisotopic (exact) mass is 242 g/mol. The van der Waals surface area contributed by atoms with Crippen LogP contribution in [0.3, 0.4) is 0 Å². The lowest BCUT2D eigenvalue weighted by Crippen LogP contribution is -2.27. The zero-order chi connectivity index (χ0) is 13.3. The fraction of sp³-hybridized carbons (Fsp3) is 0.545. The summed E-state index contributed by atoms with van der Waals surface area (Å²) in [5.74, 6) is -0.486. The van der Waals surface area contributed by atoms with Crippen LogP contribution in [0.25, 0.3) is 0 Å². The predicted molar refractivity (Wildman–Crippen MR) is 63.7 cm³/mol. The molecular formula is C11H18N2O4. The van der Waals surface area contributed by atoms with Gasteiger partial charge in [0.2, 0.25) is 0 Å². The minimum absolute atomic E-state index is 0.0667. The molecule has 0 bridgehead atoms. The van der Waals surface area contributed by atoms with Crippen LogP contribution in [0.2, 0.25) is 0 Å². The fourth-order valence-electron chi connectivity index (χ4n) is 0.636. The molecule has 0 aliphatic rings. The third-order valence-electron chi connectivity index (χ3n) is 1.75. The van der Waals surface area contributed by atoms with Crippen molar-refractivity contribution in [2.45, 2.75) is 27.2 Å². The Balaban J connectivity index is 3.66. The highest BCUT2D eigenvalue weighted by Crippen LogP contribution is 1.91. The van der Waals surface area contributed by atoms with E-state index in [0.717, 1.165) is 0 Å². The summed E-state index contributed by atoms with van der Waals surface area (Å²) in [5, 5.41) is 5.95. The van der Waals surface area contributed by atoms with E-state index in [9.17, 15) is 9.59 Å². The van der Waals surface area contributed by atoms with Gasteiger partial charge in [0.15, 0.2) is 0 Å². The normalized spacial score (nSPS) is 10.6. The SMILES string of the molecule is C=C(C)C(=O)OCCNC(=O)O/N=C(/C)CC. The molecule has 0 saturated carbocycles. The molecule has 6 nitrogen and oxygen atoms in total. The standard InChI is InChI=1S/C11H18N2O4/c1-5-9(4)13-17-11(15)12-6-7-16-10(14)8(2)3/h2,5-7H2,1,3-4H3,(H,12,15)/b13-9-. The molecule has 0 fully saturated rings. The minimum Gasteiger partial charge on any atom is -0.460 e. The second-order valence-electron chi connectivity index (χ2n) is 3.40. The van der Waals surface area contributed by atoms with Gasteiger partial charge in [-0.05, 0) is 20.3 Å². The summed E-state index contributed by atoms with van der Waals surface area (Å²) in [7, 11) is 0. The maximum absolute atomic E-state index is 11.0. The van der Waals surface area contributed by atoms with E-state index in [4.69, 9.17) is 4.74 Å². The summed E-state index contributed by atoms with van der Waals surface area (Å²) in [6.07, 6.45) is 0.0351. The first-order valence-electron chi connectivity index (χ1n) is 5.28. The molecule has 0 rings (SSSR count). The molecule has 0 atom stereocenters. The molecule has 6 heteroatoms. The van der Waals surface area contributed by atoms with E-state index in [-0.39, 0.29) is 13.2 Å². The highest BCUT2D eigenvalue weighted by Gasteiger charge is 2.04. The van der Waals surface area contributed by atoms with E-state index in [1.807, 2.05) is 6.92 Å². The second kappa shape index (κ2) is 8.32. The summed E-state index contributed by atoms with van der Waals surface area (Å²) >= 11 is 0. The smallest absolute Gasteiger partial charge is 0.433 e. The largest absolute Gasteiger partial charge is 0.460 e. The number of nitrogens with zero attached hydrogens (tertiary/aromatic N) is 1. The van der Waals surface area contributed by atoms with Crippen molar-refractivity contribution in [1.82, 2.24) is 5.32 Å². The van der Waals surface area contributed by atoms with Gasteiger partial charge in [-0.25, -0.2) is 9.59 Å². The molecule has 0 aromatic heterocycles. The highest BCUT2D eigenvalue weighted by molar-refractivity contribution is 5.86. The first-order chi connectivity index (χ1) is 7.97. The number of amides is 1. The molecule has 0 heterocycles. The Labute approximate surface area is 101 Å². The first-order valence-corrected chi connectivity index (χ1v) is 5.28. The van der Waals surface area contributed by atoms with Gasteiger partial charge in [0.25, 0.3) is 0 Å². The van der Waals surface area contributed by atoms with Gasteiger partial charge in [0.05, 0.1) is 12.3 Å². The lowest BCUT2D eigenvalue weighted by atomic mass is 10.3. The van der Waals surface area contributed by atoms with Crippen molar-refractivity contribution >= 4 is 17.8 Å². The van der Waals surface area contributed by atoms with Crippen molar-refractivity contribution in [2.75, 3.05) is 13.2 Å². The van der Waals surface area contributed by atoms with Crippen LogP contribution in [0.15, 0.2) is 17.3 Å². The van der Waals surface area contributed by atoms with Crippen molar-refractivity contribution in [1.29, 1.82) is 0 Å². The van der Waals surface area contributed by atoms with E-state index in [0.29, 0.717) is 17.7 Å². The summed E-state index contributed by atoms with van der Waals surface area (Å²) < 4.78 is 4.76. The molecule has 1 N–H and O–H groups in total. The lowest BCUT2D eigenvalue weighted by molar-refractivity contribution is -0.138. The highest BCUT2D eigenvalue weighted by atomic mass is 16.7. The Morgan fingerprint density at radius 1 is 1.35 bits per heavy atom. The van der Waals surface area contributed by atoms with Crippen molar-refractivity contribution in [2.24, 2.45) is 5.16 Å². The van der Waals surface area contributed by atoms with Gasteiger partial charge in [-0.3, -0.25) is 4.84 Å². The van der Waals surface area contributed by atoms with E-state index < -0.39 is 12.1 Å². The van der Waals surface area contributed by atoms with Crippen molar-refractivity contribution in [3.05, 3.63) is 12.2 Å². The molecule has 1 amide bonds. The molecule has 0 spiro atoms. The number of ether oxygens (including phenoxy) is 1. The number of hydrogen-bond acceptors (Lipinski definition) is 5. The Kier molecular flexibility index (Phi) is 7.41. The number of nitrogens with one attached hydrogen (secondary N) is 1. The van der Waals surface area contributed by atoms with Gasteiger partial charge < -0.3 is 10.1 Å². The molecule has 0 saturated heterocycles. The number of hydrogen-bond donors (Lipinski definition) is 1. The maximum Gasteiger partial charge on any atom is 0.433 e. The van der Waals surface area contributed by atoms with Gasteiger partial charge in [-0.15, -0.1) is 0 Å². The molecule has 0 aromatic carbocycles. The van der Waals surface area contributed by atoms with Crippen LogP contribution in [0.1, 0.15) is 27.2 Å². The first kappa shape index (κ1) is 15.2. The summed E-state index contributed by atoms with van der Waals surface area (Å²) in [5.41, 5.74) is 1.03. The van der Waals surface area contributed by atoms with Crippen LogP contribution in [0.5, 0.6) is 0 Å². The summed E-state index contributed by atoms with van der Waals surface area (Å²) in [6, 6.07) is 0. The summed E-state index contributed by atoms with van der Waals surface area (Å²) in [6.45, 7) is 8.85. The number of carbonyl (C=O) groups excluding carboxylic acids is 2. The third-order valence-corrected chi connectivity index (χ3v) is 1.75. The van der Waals surface area contributed by atoms with Gasteiger partial charge in [0.1, 0.15) is 6.61 Å². The van der Waals surface area contributed by atoms with Crippen LogP contribution in [-0.2, 0) is 14.4 Å². The zero-order valence-electron chi connectivity index (χ0n) is 10.4. The predicted octanol–water partition coefficient (Wildman–Crippen LogP) is 1.62. The number of esters is 1. The van der Waals surface area contributed by atoms with E-state index >= 15 is 0 Å². The van der Waals surface area contributed by atoms with Crippen molar-refractivity contribution in [3.63, 3.8) is 0 Å². The van der Waals surface area contributed by atoms with Gasteiger partial charge >= 0.3 is 12.1 Å². The molecule has 17 heavy (non-hydrogen) atoms. The molecule has 0 radical (unpaired) electrons. The lowest BCUT2D eigenvalue weighted by Gasteiger charge is -2.05. The second-order valence-corrected chi connectivity index (χ2v) is 3.40. The van der Waals surface area contributed by atoms with Gasteiger partial charge in [-0.2, -0.15) is 0 Å². The number of oxime groups is 1. The maximum atomic E-state index is 11.0. The quantitative estimate of drug-likeness (QED) is 0.192. The number of rotatable bonds is 6. The van der Waals surface area contributed by atoms with E-state index in [2.05, 4.69) is 21.9 Å².